The summed E-state index contributed by atoms with van der Waals surface area (Å²) in [4.78, 5) is 30.5. The predicted molar refractivity (Wildman–Crippen MR) is 116 cm³/mol. The Balaban J connectivity index is 1.34. The van der Waals surface area contributed by atoms with E-state index in [-0.39, 0.29) is 23.3 Å². The molecule has 2 amide bonds. The number of carbonyl (C=O) groups excluding carboxylic acids is 2. The monoisotopic (exact) mass is 403 g/mol. The van der Waals surface area contributed by atoms with Gasteiger partial charge in [0, 0.05) is 31.1 Å². The van der Waals surface area contributed by atoms with Gasteiger partial charge in [-0.25, -0.2) is 0 Å². The van der Waals surface area contributed by atoms with Crippen molar-refractivity contribution in [2.24, 2.45) is 5.92 Å². The molecule has 29 heavy (non-hydrogen) atoms. The van der Waals surface area contributed by atoms with Gasteiger partial charge >= 0.3 is 0 Å². The van der Waals surface area contributed by atoms with Gasteiger partial charge in [-0.1, -0.05) is 44.9 Å². The van der Waals surface area contributed by atoms with Crippen molar-refractivity contribution >= 4 is 11.8 Å². The van der Waals surface area contributed by atoms with Gasteiger partial charge < -0.3 is 10.2 Å². The summed E-state index contributed by atoms with van der Waals surface area (Å²) in [5.41, 5.74) is 0.196. The number of carbonyl (C=O) groups is 2. The maximum absolute atomic E-state index is 13.1. The molecule has 0 aromatic carbocycles. The summed E-state index contributed by atoms with van der Waals surface area (Å²) in [5.74, 6) is 0.455. The second-order valence-corrected chi connectivity index (χ2v) is 10.1. The quantitative estimate of drug-likeness (QED) is 0.709. The van der Waals surface area contributed by atoms with Crippen molar-refractivity contribution in [1.82, 2.24) is 15.1 Å². The third-order valence-corrected chi connectivity index (χ3v) is 8.23. The Kier molecular flexibility index (Phi) is 7.15. The molecule has 2 saturated carbocycles. The average Bonchev–Trinajstić information content (AvgIpc) is 3.08. The summed E-state index contributed by atoms with van der Waals surface area (Å²) in [6.45, 7) is 3.85. The van der Waals surface area contributed by atoms with Crippen LogP contribution in [0.4, 0.5) is 0 Å². The number of nitrogens with one attached hydrogen (secondary N) is 1. The second kappa shape index (κ2) is 9.80. The number of nitrogens with zero attached hydrogens (tertiary/aromatic N) is 2. The van der Waals surface area contributed by atoms with Crippen LogP contribution in [0, 0.1) is 5.92 Å². The molecule has 4 rings (SSSR count). The molecule has 4 aliphatic rings. The molecular weight excluding hydrogens is 362 g/mol. The van der Waals surface area contributed by atoms with E-state index >= 15 is 0 Å². The third kappa shape index (κ3) is 4.98. The fraction of sp³-hybridized carbons (Fsp3) is 0.917. The van der Waals surface area contributed by atoms with Gasteiger partial charge in [0.05, 0.1) is 5.92 Å². The lowest BCUT2D eigenvalue weighted by atomic mass is 9.90. The highest BCUT2D eigenvalue weighted by Crippen LogP contribution is 2.37. The molecular formula is C24H41N3O2. The maximum Gasteiger partial charge on any atom is 0.224 e. The van der Waals surface area contributed by atoms with Gasteiger partial charge in [-0.3, -0.25) is 14.5 Å². The van der Waals surface area contributed by atoms with Gasteiger partial charge in [-0.15, -0.1) is 0 Å². The highest BCUT2D eigenvalue weighted by atomic mass is 16.2. The van der Waals surface area contributed by atoms with Crippen LogP contribution < -0.4 is 5.32 Å². The molecule has 4 fully saturated rings. The van der Waals surface area contributed by atoms with E-state index in [1.54, 1.807) is 0 Å². The van der Waals surface area contributed by atoms with Gasteiger partial charge in [0.25, 0.3) is 0 Å². The number of rotatable bonds is 5. The van der Waals surface area contributed by atoms with Crippen LogP contribution in [0.15, 0.2) is 0 Å². The first kappa shape index (κ1) is 21.1. The molecule has 2 aliphatic heterocycles. The summed E-state index contributed by atoms with van der Waals surface area (Å²) in [7, 11) is 0. The van der Waals surface area contributed by atoms with Gasteiger partial charge in [0.1, 0.15) is 0 Å². The van der Waals surface area contributed by atoms with Gasteiger partial charge in [-0.05, 0) is 58.0 Å². The predicted octanol–water partition coefficient (Wildman–Crippen LogP) is 3.86. The molecule has 0 spiro atoms. The minimum absolute atomic E-state index is 0.0178. The molecule has 1 N–H and O–H groups in total. The van der Waals surface area contributed by atoms with E-state index in [1.165, 1.54) is 83.7 Å². The first-order valence-corrected chi connectivity index (χ1v) is 12.5. The van der Waals surface area contributed by atoms with E-state index in [2.05, 4.69) is 15.1 Å². The molecule has 5 heteroatoms. The summed E-state index contributed by atoms with van der Waals surface area (Å²) in [6, 6.07) is 0.370. The Morgan fingerprint density at radius 3 is 2.24 bits per heavy atom. The molecule has 2 heterocycles. The topological polar surface area (TPSA) is 52.7 Å². The minimum Gasteiger partial charge on any atom is -0.354 e. The lowest BCUT2D eigenvalue weighted by Crippen LogP contribution is -2.57. The fourth-order valence-electron chi connectivity index (χ4n) is 6.41. The van der Waals surface area contributed by atoms with Crippen LogP contribution in [0.25, 0.3) is 0 Å². The number of piperidine rings is 2. The minimum atomic E-state index is -0.0178. The van der Waals surface area contributed by atoms with E-state index in [0.717, 1.165) is 25.8 Å². The van der Waals surface area contributed by atoms with E-state index < -0.39 is 0 Å². The summed E-state index contributed by atoms with van der Waals surface area (Å²) in [6.07, 6.45) is 17.6. The second-order valence-electron chi connectivity index (χ2n) is 10.1. The zero-order valence-electron chi connectivity index (χ0n) is 18.3. The zero-order chi connectivity index (χ0) is 20.1. The Bertz CT molecular complexity index is 558. The Labute approximate surface area is 177 Å². The SMILES string of the molecule is O=C(NCC1(N2CCCCC2)CCCC1)C1CCC(=O)N(C2CCCCCC2)C1. The van der Waals surface area contributed by atoms with Gasteiger partial charge in [0.2, 0.25) is 11.8 Å². The molecule has 0 aromatic heterocycles. The van der Waals surface area contributed by atoms with E-state index in [9.17, 15) is 9.59 Å². The fourth-order valence-corrected chi connectivity index (χ4v) is 6.41. The lowest BCUT2D eigenvalue weighted by molar-refractivity contribution is -0.141. The number of hydrogen-bond donors (Lipinski definition) is 1. The first-order valence-electron chi connectivity index (χ1n) is 12.5. The standard InChI is InChI=1S/C24H41N3O2/c28-22-13-12-20(18-27(22)21-10-4-1-2-5-11-21)23(29)25-19-24(14-6-7-15-24)26-16-8-3-9-17-26/h20-21H,1-19H2,(H,25,29). The highest BCUT2D eigenvalue weighted by molar-refractivity contribution is 5.84. The van der Waals surface area contributed by atoms with Crippen LogP contribution >= 0.6 is 0 Å². The number of hydrogen-bond acceptors (Lipinski definition) is 3. The number of amides is 2. The molecule has 1 atom stereocenters. The van der Waals surface area contributed by atoms with Gasteiger partial charge in [0.15, 0.2) is 0 Å². The Hall–Kier alpha value is -1.10. The van der Waals surface area contributed by atoms with Crippen molar-refractivity contribution in [3.8, 4) is 0 Å². The Morgan fingerprint density at radius 2 is 1.55 bits per heavy atom. The van der Waals surface area contributed by atoms with Crippen LogP contribution in [-0.4, -0.2) is 59.4 Å². The van der Waals surface area contributed by atoms with Crippen LogP contribution in [0.3, 0.4) is 0 Å². The zero-order valence-corrected chi connectivity index (χ0v) is 18.3. The first-order chi connectivity index (χ1) is 14.2. The molecule has 2 saturated heterocycles. The smallest absolute Gasteiger partial charge is 0.224 e. The molecule has 164 valence electrons. The van der Waals surface area contributed by atoms with Crippen LogP contribution in [-0.2, 0) is 9.59 Å². The normalized spacial score (nSPS) is 29.6. The van der Waals surface area contributed by atoms with Crippen molar-refractivity contribution in [1.29, 1.82) is 0 Å². The Morgan fingerprint density at radius 1 is 0.897 bits per heavy atom. The molecule has 0 aromatic rings. The van der Waals surface area contributed by atoms with E-state index in [1.807, 2.05) is 0 Å². The summed E-state index contributed by atoms with van der Waals surface area (Å²) >= 11 is 0. The third-order valence-electron chi connectivity index (χ3n) is 8.23. The van der Waals surface area contributed by atoms with E-state index in [4.69, 9.17) is 0 Å². The molecule has 2 aliphatic carbocycles. The molecule has 5 nitrogen and oxygen atoms in total. The van der Waals surface area contributed by atoms with Crippen molar-refractivity contribution < 1.29 is 9.59 Å². The largest absolute Gasteiger partial charge is 0.354 e. The summed E-state index contributed by atoms with van der Waals surface area (Å²) in [5, 5.41) is 3.36. The van der Waals surface area contributed by atoms with Crippen molar-refractivity contribution in [3.63, 3.8) is 0 Å². The van der Waals surface area contributed by atoms with Crippen LogP contribution in [0.5, 0.6) is 0 Å². The van der Waals surface area contributed by atoms with E-state index in [0.29, 0.717) is 19.0 Å². The molecule has 1 unspecified atom stereocenters. The van der Waals surface area contributed by atoms with Gasteiger partial charge in [-0.2, -0.15) is 0 Å². The average molecular weight is 404 g/mol. The van der Waals surface area contributed by atoms with Crippen LogP contribution in [0.2, 0.25) is 0 Å². The lowest BCUT2D eigenvalue weighted by Gasteiger charge is -2.44. The molecule has 0 bridgehead atoms. The van der Waals surface area contributed by atoms with Crippen molar-refractivity contribution in [3.05, 3.63) is 0 Å². The van der Waals surface area contributed by atoms with Crippen molar-refractivity contribution in [2.45, 2.75) is 108 Å². The molecule has 0 radical (unpaired) electrons. The maximum atomic E-state index is 13.1. The highest BCUT2D eigenvalue weighted by Gasteiger charge is 2.41. The van der Waals surface area contributed by atoms with Crippen LogP contribution in [0.1, 0.15) is 96.3 Å². The summed E-state index contributed by atoms with van der Waals surface area (Å²) < 4.78 is 0. The van der Waals surface area contributed by atoms with Crippen molar-refractivity contribution in [2.75, 3.05) is 26.2 Å². The number of likely N-dealkylation sites (tertiary alicyclic amines) is 2.